The summed E-state index contributed by atoms with van der Waals surface area (Å²) in [6.45, 7) is 8.16. The number of fused-ring (bicyclic) bond motifs is 1. The molecule has 2 rings (SSSR count). The Bertz CT molecular complexity index is 574. The predicted molar refractivity (Wildman–Crippen MR) is 61.5 cm³/mol. The van der Waals surface area contributed by atoms with E-state index in [1.807, 2.05) is 0 Å². The van der Waals surface area contributed by atoms with Gasteiger partial charge in [0.05, 0.1) is 5.69 Å². The molecule has 2 heterocycles. The van der Waals surface area contributed by atoms with Crippen molar-refractivity contribution in [2.24, 2.45) is 5.41 Å². The number of rotatable bonds is 1. The Morgan fingerprint density at radius 3 is 2.69 bits per heavy atom. The molecule has 0 aromatic carbocycles. The van der Waals surface area contributed by atoms with E-state index < -0.39 is 0 Å². The Morgan fingerprint density at radius 1 is 1.38 bits per heavy atom. The van der Waals surface area contributed by atoms with E-state index in [-0.39, 0.29) is 11.0 Å². The highest BCUT2D eigenvalue weighted by Gasteiger charge is 2.14. The molecular weight excluding hydrogens is 204 g/mol. The zero-order chi connectivity index (χ0) is 11.9. The standard InChI is InChI=1S/C11H16N4O/c1-7-12-10-13-8(6-11(2,3)4)5-9(16)15(10)14-7/h5H,6H2,1-4H3,(H,12,13,14). The molecule has 0 aliphatic rings. The maximum Gasteiger partial charge on any atom is 0.274 e. The molecule has 0 saturated heterocycles. The second-order valence-electron chi connectivity index (χ2n) is 5.27. The molecule has 0 aliphatic heterocycles. The van der Waals surface area contributed by atoms with Crippen molar-refractivity contribution < 1.29 is 0 Å². The summed E-state index contributed by atoms with van der Waals surface area (Å²) in [5, 5.41) is 2.85. The van der Waals surface area contributed by atoms with E-state index >= 15 is 0 Å². The summed E-state index contributed by atoms with van der Waals surface area (Å²) in [6.07, 6.45) is 0.768. The van der Waals surface area contributed by atoms with E-state index in [4.69, 9.17) is 0 Å². The lowest BCUT2D eigenvalue weighted by Gasteiger charge is -2.16. The van der Waals surface area contributed by atoms with Crippen molar-refractivity contribution in [3.63, 3.8) is 0 Å². The minimum absolute atomic E-state index is 0.107. The fourth-order valence-corrected chi connectivity index (χ4v) is 1.67. The van der Waals surface area contributed by atoms with E-state index in [1.165, 1.54) is 4.52 Å². The van der Waals surface area contributed by atoms with Crippen LogP contribution in [0.4, 0.5) is 0 Å². The van der Waals surface area contributed by atoms with Gasteiger partial charge in [0.25, 0.3) is 11.3 Å². The number of aryl methyl sites for hydroxylation is 1. The first-order valence-corrected chi connectivity index (χ1v) is 5.30. The average molecular weight is 220 g/mol. The third kappa shape index (κ3) is 2.13. The van der Waals surface area contributed by atoms with Gasteiger partial charge in [-0.25, -0.2) is 4.98 Å². The average Bonchev–Trinajstić information content (AvgIpc) is 2.42. The molecule has 5 nitrogen and oxygen atoms in total. The first-order chi connectivity index (χ1) is 7.35. The number of hydrogen-bond donors (Lipinski definition) is 1. The van der Waals surface area contributed by atoms with Crippen LogP contribution in [0.1, 0.15) is 32.3 Å². The zero-order valence-electron chi connectivity index (χ0n) is 10.0. The van der Waals surface area contributed by atoms with Gasteiger partial charge in [0, 0.05) is 6.07 Å². The van der Waals surface area contributed by atoms with Crippen LogP contribution in [0.3, 0.4) is 0 Å². The Balaban J connectivity index is 2.54. The molecule has 0 radical (unpaired) electrons. The highest BCUT2D eigenvalue weighted by Crippen LogP contribution is 2.18. The minimum Gasteiger partial charge on any atom is -0.275 e. The Kier molecular flexibility index (Phi) is 2.33. The number of aromatic nitrogens is 4. The number of hydrogen-bond acceptors (Lipinski definition) is 3. The van der Waals surface area contributed by atoms with Crippen molar-refractivity contribution in [3.05, 3.63) is 27.9 Å². The number of H-pyrrole nitrogens is 1. The van der Waals surface area contributed by atoms with Gasteiger partial charge in [-0.1, -0.05) is 20.8 Å². The molecule has 0 aliphatic carbocycles. The van der Waals surface area contributed by atoms with Crippen LogP contribution >= 0.6 is 0 Å². The lowest BCUT2D eigenvalue weighted by molar-refractivity contribution is 0.406. The largest absolute Gasteiger partial charge is 0.275 e. The minimum atomic E-state index is -0.107. The van der Waals surface area contributed by atoms with Crippen molar-refractivity contribution in [1.29, 1.82) is 0 Å². The van der Waals surface area contributed by atoms with E-state index in [0.717, 1.165) is 12.1 Å². The smallest absolute Gasteiger partial charge is 0.274 e. The van der Waals surface area contributed by atoms with Gasteiger partial charge in [0.2, 0.25) is 0 Å². The quantitative estimate of drug-likeness (QED) is 0.788. The monoisotopic (exact) mass is 220 g/mol. The Hall–Kier alpha value is -1.65. The molecule has 1 N–H and O–H groups in total. The summed E-state index contributed by atoms with van der Waals surface area (Å²) in [4.78, 5) is 20.3. The molecule has 0 bridgehead atoms. The summed E-state index contributed by atoms with van der Waals surface area (Å²) in [7, 11) is 0. The van der Waals surface area contributed by atoms with Crippen LogP contribution in [0.25, 0.3) is 5.78 Å². The summed E-state index contributed by atoms with van der Waals surface area (Å²) < 4.78 is 1.36. The normalized spacial score (nSPS) is 12.2. The topological polar surface area (TPSA) is 63.1 Å². The van der Waals surface area contributed by atoms with E-state index in [0.29, 0.717) is 11.6 Å². The third-order valence-electron chi connectivity index (χ3n) is 2.21. The van der Waals surface area contributed by atoms with Gasteiger partial charge in [0.1, 0.15) is 5.82 Å². The van der Waals surface area contributed by atoms with Crippen molar-refractivity contribution in [3.8, 4) is 0 Å². The van der Waals surface area contributed by atoms with Crippen molar-refractivity contribution in [2.45, 2.75) is 34.1 Å². The van der Waals surface area contributed by atoms with Gasteiger partial charge >= 0.3 is 0 Å². The van der Waals surface area contributed by atoms with Crippen LogP contribution in [0, 0.1) is 12.3 Å². The zero-order valence-corrected chi connectivity index (χ0v) is 10.0. The van der Waals surface area contributed by atoms with Gasteiger partial charge in [-0.3, -0.25) is 9.89 Å². The molecule has 0 spiro atoms. The summed E-state index contributed by atoms with van der Waals surface area (Å²) in [5.74, 6) is 1.14. The Morgan fingerprint density at radius 2 is 2.06 bits per heavy atom. The van der Waals surface area contributed by atoms with E-state index in [9.17, 15) is 4.79 Å². The first-order valence-electron chi connectivity index (χ1n) is 5.30. The van der Waals surface area contributed by atoms with Crippen LogP contribution in [0.5, 0.6) is 0 Å². The van der Waals surface area contributed by atoms with Crippen LogP contribution in [0.2, 0.25) is 0 Å². The molecule has 0 fully saturated rings. The number of nitrogens with one attached hydrogen (secondary N) is 1. The van der Waals surface area contributed by atoms with Crippen molar-refractivity contribution >= 4 is 5.78 Å². The van der Waals surface area contributed by atoms with Crippen molar-refractivity contribution in [2.75, 3.05) is 0 Å². The summed E-state index contributed by atoms with van der Waals surface area (Å²) in [5.41, 5.74) is 0.803. The van der Waals surface area contributed by atoms with Crippen LogP contribution in [-0.4, -0.2) is 19.6 Å². The molecule has 5 heteroatoms. The second-order valence-corrected chi connectivity index (χ2v) is 5.27. The first kappa shape index (κ1) is 10.9. The predicted octanol–water partition coefficient (Wildman–Crippen LogP) is 1.31. The van der Waals surface area contributed by atoms with Crippen LogP contribution in [0.15, 0.2) is 10.9 Å². The summed E-state index contributed by atoms with van der Waals surface area (Å²) >= 11 is 0. The van der Waals surface area contributed by atoms with Gasteiger partial charge < -0.3 is 0 Å². The summed E-state index contributed by atoms with van der Waals surface area (Å²) in [6, 6.07) is 1.57. The second kappa shape index (κ2) is 3.43. The van der Waals surface area contributed by atoms with Gasteiger partial charge in [-0.15, -0.1) is 0 Å². The molecule has 16 heavy (non-hydrogen) atoms. The highest BCUT2D eigenvalue weighted by molar-refractivity contribution is 5.28. The van der Waals surface area contributed by atoms with Crippen molar-refractivity contribution in [1.82, 2.24) is 19.6 Å². The molecule has 0 atom stereocenters. The van der Waals surface area contributed by atoms with Gasteiger partial charge in [-0.2, -0.15) is 9.50 Å². The van der Waals surface area contributed by atoms with Gasteiger partial charge in [-0.05, 0) is 18.8 Å². The molecule has 2 aromatic rings. The molecule has 86 valence electrons. The lowest BCUT2D eigenvalue weighted by Crippen LogP contribution is -2.19. The van der Waals surface area contributed by atoms with Gasteiger partial charge in [0.15, 0.2) is 0 Å². The number of aromatic amines is 1. The maximum atomic E-state index is 11.8. The van der Waals surface area contributed by atoms with E-state index in [2.05, 4.69) is 35.8 Å². The molecule has 2 aromatic heterocycles. The molecule has 0 unspecified atom stereocenters. The molecular formula is C11H16N4O. The molecule has 0 saturated carbocycles. The molecule has 0 amide bonds. The highest BCUT2D eigenvalue weighted by atomic mass is 16.1. The number of nitrogens with zero attached hydrogens (tertiary/aromatic N) is 3. The maximum absolute atomic E-state index is 11.8. The van der Waals surface area contributed by atoms with Crippen LogP contribution < -0.4 is 5.56 Å². The van der Waals surface area contributed by atoms with E-state index in [1.54, 1.807) is 13.0 Å². The SMILES string of the molecule is Cc1nc2nc(CC(C)(C)C)cc(=O)n2[nH]1. The lowest BCUT2D eigenvalue weighted by atomic mass is 9.90. The fourth-order valence-electron chi connectivity index (χ4n) is 1.67. The van der Waals surface area contributed by atoms with Crippen LogP contribution in [-0.2, 0) is 6.42 Å². The third-order valence-corrected chi connectivity index (χ3v) is 2.21. The fraction of sp³-hybridized carbons (Fsp3) is 0.545. The Labute approximate surface area is 93.5 Å².